The first-order chi connectivity index (χ1) is 10.4. The minimum atomic E-state index is -0.535. The number of nitrogen functional groups attached to an aromatic ring is 1. The van der Waals surface area contributed by atoms with E-state index in [9.17, 15) is 14.4 Å². The molecule has 22 heavy (non-hydrogen) atoms. The molecule has 0 aliphatic rings. The fourth-order valence-electron chi connectivity index (χ4n) is 2.11. The highest BCUT2D eigenvalue weighted by Gasteiger charge is 2.16. The van der Waals surface area contributed by atoms with E-state index in [4.69, 9.17) is 10.5 Å². The Morgan fingerprint density at radius 1 is 1.32 bits per heavy atom. The van der Waals surface area contributed by atoms with E-state index in [0.29, 0.717) is 26.0 Å². The Bertz CT molecular complexity index is 777. The summed E-state index contributed by atoms with van der Waals surface area (Å²) >= 11 is 0. The number of hydrogen-bond donors (Lipinski definition) is 1. The summed E-state index contributed by atoms with van der Waals surface area (Å²) in [4.78, 5) is 42.5. The number of ether oxygens (including phenoxy) is 1. The predicted octanol–water partition coefficient (Wildman–Crippen LogP) is 0.179. The highest BCUT2D eigenvalue weighted by molar-refractivity contribution is 5.82. The average molecular weight is 307 g/mol. The summed E-state index contributed by atoms with van der Waals surface area (Å²) in [6, 6.07) is 0. The van der Waals surface area contributed by atoms with Crippen molar-refractivity contribution in [3.05, 3.63) is 16.7 Å². The van der Waals surface area contributed by atoms with E-state index in [-0.39, 0.29) is 23.1 Å². The number of hydrogen-bond acceptors (Lipinski definition) is 7. The highest BCUT2D eigenvalue weighted by Crippen LogP contribution is 2.09. The maximum Gasteiger partial charge on any atom is 0.302 e. The van der Waals surface area contributed by atoms with E-state index < -0.39 is 11.5 Å². The van der Waals surface area contributed by atoms with Gasteiger partial charge in [-0.05, 0) is 12.8 Å². The lowest BCUT2D eigenvalue weighted by Crippen LogP contribution is -2.29. The number of anilines is 1. The van der Waals surface area contributed by atoms with Gasteiger partial charge in [-0.1, -0.05) is 0 Å². The lowest BCUT2D eigenvalue weighted by Gasteiger charge is -2.07. The maximum atomic E-state index is 12.3. The molecule has 2 heterocycles. The van der Waals surface area contributed by atoms with Gasteiger partial charge >= 0.3 is 5.97 Å². The molecule has 2 N–H and O–H groups in total. The van der Waals surface area contributed by atoms with Crippen LogP contribution < -0.4 is 11.3 Å². The summed E-state index contributed by atoms with van der Waals surface area (Å²) < 4.78 is 7.28. The van der Waals surface area contributed by atoms with Crippen LogP contribution in [0.3, 0.4) is 0 Å². The lowest BCUT2D eigenvalue weighted by molar-refractivity contribution is -0.141. The van der Waals surface area contributed by atoms with Gasteiger partial charge in [0.15, 0.2) is 11.2 Å². The number of fused-ring (bicyclic) bond motifs is 1. The van der Waals surface area contributed by atoms with Crippen molar-refractivity contribution in [1.29, 1.82) is 0 Å². The summed E-state index contributed by atoms with van der Waals surface area (Å²) in [5.74, 6) is -0.998. The minimum Gasteiger partial charge on any atom is -0.466 e. The average Bonchev–Trinajstić information content (AvgIpc) is 2.80. The zero-order valence-electron chi connectivity index (χ0n) is 12.4. The summed E-state index contributed by atoms with van der Waals surface area (Å²) in [6.45, 7) is 3.41. The van der Waals surface area contributed by atoms with Crippen molar-refractivity contribution < 1.29 is 14.3 Å². The number of carbonyl (C=O) groups is 2. The summed E-state index contributed by atoms with van der Waals surface area (Å²) in [6.07, 6.45) is 2.82. The molecule has 0 radical (unpaired) electrons. The molecule has 0 atom stereocenters. The molecule has 0 bridgehead atoms. The van der Waals surface area contributed by atoms with Gasteiger partial charge in [-0.15, -0.1) is 0 Å². The first-order valence-electron chi connectivity index (χ1n) is 6.79. The monoisotopic (exact) mass is 307 g/mol. The molecule has 0 spiro atoms. The zero-order valence-corrected chi connectivity index (χ0v) is 12.4. The second-order valence-electron chi connectivity index (χ2n) is 4.79. The van der Waals surface area contributed by atoms with Crippen LogP contribution in [0.2, 0.25) is 0 Å². The highest BCUT2D eigenvalue weighted by atomic mass is 16.5. The van der Waals surface area contributed by atoms with Crippen LogP contribution in [0.1, 0.15) is 31.5 Å². The smallest absolute Gasteiger partial charge is 0.302 e. The number of carbonyl (C=O) groups excluding carboxylic acids is 2. The Morgan fingerprint density at radius 2 is 2.05 bits per heavy atom. The molecule has 2 aromatic rings. The molecule has 9 heteroatoms. The van der Waals surface area contributed by atoms with Crippen LogP contribution in [0.5, 0.6) is 0 Å². The van der Waals surface area contributed by atoms with E-state index in [2.05, 4.69) is 9.97 Å². The molecule has 0 aliphatic heterocycles. The molecular weight excluding hydrogens is 290 g/mol. The third kappa shape index (κ3) is 3.13. The molecule has 9 nitrogen and oxygen atoms in total. The van der Waals surface area contributed by atoms with Gasteiger partial charge in [0, 0.05) is 20.4 Å². The number of imidazole rings is 1. The quantitative estimate of drug-likeness (QED) is 0.617. The van der Waals surface area contributed by atoms with Crippen LogP contribution in [0.15, 0.2) is 11.1 Å². The van der Waals surface area contributed by atoms with E-state index in [1.165, 1.54) is 20.2 Å². The van der Waals surface area contributed by atoms with Gasteiger partial charge in [-0.3, -0.25) is 14.4 Å². The number of nitrogens with two attached hydrogens (primary N) is 1. The topological polar surface area (TPSA) is 122 Å². The van der Waals surface area contributed by atoms with Crippen molar-refractivity contribution in [1.82, 2.24) is 19.1 Å². The van der Waals surface area contributed by atoms with Gasteiger partial charge in [0.05, 0.1) is 12.9 Å². The Labute approximate surface area is 125 Å². The Morgan fingerprint density at radius 3 is 2.68 bits per heavy atom. The van der Waals surface area contributed by atoms with Crippen LogP contribution in [0, 0.1) is 0 Å². The molecule has 0 unspecified atom stereocenters. The van der Waals surface area contributed by atoms with Crippen LogP contribution in [-0.4, -0.2) is 37.6 Å². The predicted molar refractivity (Wildman–Crippen MR) is 78.4 cm³/mol. The first kappa shape index (κ1) is 15.7. The number of unbranched alkanes of at least 4 members (excludes halogenated alkanes) is 1. The number of aryl methyl sites for hydroxylation is 1. The van der Waals surface area contributed by atoms with Gasteiger partial charge in [0.1, 0.15) is 0 Å². The lowest BCUT2D eigenvalue weighted by atomic mass is 10.3. The van der Waals surface area contributed by atoms with E-state index >= 15 is 0 Å². The standard InChI is InChI=1S/C13H17N5O4/c1-8(19)18-12(21)10-11(16-13(18)14)15-7-17(10)5-3-4-6-22-9(2)20/h7H,3-6H2,1-2H3,(H2,14,16). The molecule has 0 saturated heterocycles. The van der Waals surface area contributed by atoms with Crippen molar-refractivity contribution in [2.75, 3.05) is 12.3 Å². The minimum absolute atomic E-state index is 0.176. The van der Waals surface area contributed by atoms with Gasteiger partial charge in [0.2, 0.25) is 11.9 Å². The maximum absolute atomic E-state index is 12.3. The van der Waals surface area contributed by atoms with Gasteiger partial charge in [-0.2, -0.15) is 4.98 Å². The van der Waals surface area contributed by atoms with Crippen molar-refractivity contribution in [2.24, 2.45) is 0 Å². The molecule has 2 rings (SSSR count). The molecule has 0 aromatic carbocycles. The second-order valence-corrected chi connectivity index (χ2v) is 4.79. The third-order valence-corrected chi connectivity index (χ3v) is 3.09. The zero-order chi connectivity index (χ0) is 16.3. The van der Waals surface area contributed by atoms with Crippen molar-refractivity contribution in [2.45, 2.75) is 33.2 Å². The van der Waals surface area contributed by atoms with Crippen molar-refractivity contribution in [3.63, 3.8) is 0 Å². The second kappa shape index (κ2) is 6.37. The van der Waals surface area contributed by atoms with E-state index in [1.54, 1.807) is 4.57 Å². The summed E-state index contributed by atoms with van der Waals surface area (Å²) in [5, 5.41) is 0. The normalized spacial score (nSPS) is 10.8. The van der Waals surface area contributed by atoms with Gasteiger partial charge in [0.25, 0.3) is 5.56 Å². The van der Waals surface area contributed by atoms with Crippen molar-refractivity contribution >= 4 is 29.0 Å². The molecule has 118 valence electrons. The van der Waals surface area contributed by atoms with Crippen LogP contribution in [-0.2, 0) is 16.1 Å². The van der Waals surface area contributed by atoms with Gasteiger partial charge in [-0.25, -0.2) is 9.55 Å². The van der Waals surface area contributed by atoms with Crippen LogP contribution >= 0.6 is 0 Å². The Kier molecular flexibility index (Phi) is 4.54. The number of esters is 1. The van der Waals surface area contributed by atoms with Crippen LogP contribution in [0.25, 0.3) is 11.2 Å². The molecule has 2 aromatic heterocycles. The third-order valence-electron chi connectivity index (χ3n) is 3.09. The van der Waals surface area contributed by atoms with Crippen molar-refractivity contribution in [3.8, 4) is 0 Å². The first-order valence-corrected chi connectivity index (χ1v) is 6.79. The molecule has 0 aliphatic carbocycles. The van der Waals surface area contributed by atoms with Crippen LogP contribution in [0.4, 0.5) is 5.95 Å². The molecule has 0 amide bonds. The Balaban J connectivity index is 2.21. The molecule has 0 saturated carbocycles. The van der Waals surface area contributed by atoms with E-state index in [0.717, 1.165) is 4.57 Å². The van der Waals surface area contributed by atoms with Gasteiger partial charge < -0.3 is 15.0 Å². The summed E-state index contributed by atoms with van der Waals surface area (Å²) in [5.41, 5.74) is 5.51. The largest absolute Gasteiger partial charge is 0.466 e. The number of aromatic nitrogens is 4. The summed E-state index contributed by atoms with van der Waals surface area (Å²) in [7, 11) is 0. The SMILES string of the molecule is CC(=O)OCCCCn1cnc2nc(N)n(C(C)=O)c(=O)c21. The Hall–Kier alpha value is -2.71. The fraction of sp³-hybridized carbons (Fsp3) is 0.462. The molecular formula is C13H17N5O4. The number of nitrogens with zero attached hydrogens (tertiary/aromatic N) is 4. The van der Waals surface area contributed by atoms with E-state index in [1.807, 2.05) is 0 Å². The molecule has 0 fully saturated rings. The number of rotatable bonds is 5. The fourth-order valence-corrected chi connectivity index (χ4v) is 2.11.